The molecule has 1 unspecified atom stereocenters. The van der Waals surface area contributed by atoms with Gasteiger partial charge in [-0.05, 0) is 31.5 Å². The number of hydrogen-bond donors (Lipinski definition) is 1. The number of guanidine groups is 1. The molecule has 1 N–H and O–H groups in total. The van der Waals surface area contributed by atoms with Crippen LogP contribution in [0, 0.1) is 0 Å². The average molecular weight is 575 g/mol. The van der Waals surface area contributed by atoms with E-state index >= 15 is 0 Å². The normalized spacial score (nSPS) is 18.3. The molecule has 2 saturated heterocycles. The van der Waals surface area contributed by atoms with Crippen LogP contribution < -0.4 is 10.1 Å². The monoisotopic (exact) mass is 575 g/mol. The highest BCUT2D eigenvalue weighted by Gasteiger charge is 2.26. The first-order chi connectivity index (χ1) is 15.7. The fourth-order valence-corrected chi connectivity index (χ4v) is 4.06. The number of nitrogens with zero attached hydrogens (tertiary/aromatic N) is 4. The smallest absolute Gasteiger partial charge is 0.409 e. The molecule has 1 atom stereocenters. The highest BCUT2D eigenvalue weighted by atomic mass is 127. The summed E-state index contributed by atoms with van der Waals surface area (Å²) in [6, 6.07) is 8.43. The first-order valence-electron chi connectivity index (χ1n) is 11.6. The van der Waals surface area contributed by atoms with Crippen molar-refractivity contribution >= 4 is 36.0 Å². The van der Waals surface area contributed by atoms with Crippen LogP contribution in [0.25, 0.3) is 0 Å². The van der Waals surface area contributed by atoms with E-state index < -0.39 is 0 Å². The summed E-state index contributed by atoms with van der Waals surface area (Å²) < 4.78 is 16.0. The first kappa shape index (κ1) is 27.5. The van der Waals surface area contributed by atoms with Gasteiger partial charge in [-0.15, -0.1) is 24.0 Å². The van der Waals surface area contributed by atoms with Crippen LogP contribution in [0.15, 0.2) is 29.3 Å². The molecule has 2 aliphatic rings. The van der Waals surface area contributed by atoms with Crippen molar-refractivity contribution in [1.29, 1.82) is 0 Å². The first-order valence-corrected chi connectivity index (χ1v) is 11.6. The molecule has 0 spiro atoms. The molecule has 1 aromatic carbocycles. The van der Waals surface area contributed by atoms with E-state index in [-0.39, 0.29) is 36.1 Å². The fourth-order valence-electron chi connectivity index (χ4n) is 4.06. The SMILES string of the molecule is CCNC(=NCC(c1ccc(OC)cc1)N1CCOCC1)N1CCN(C(=O)OCC)CC1.I. The fraction of sp³-hybridized carbons (Fsp3) is 0.652. The summed E-state index contributed by atoms with van der Waals surface area (Å²) in [7, 11) is 1.68. The van der Waals surface area contributed by atoms with Crippen molar-refractivity contribution in [2.24, 2.45) is 4.99 Å². The Hall–Kier alpha value is -1.79. The number of morpholine rings is 1. The topological polar surface area (TPSA) is 78.9 Å². The number of halogens is 1. The summed E-state index contributed by atoms with van der Waals surface area (Å²) in [5, 5.41) is 3.43. The third-order valence-corrected chi connectivity index (χ3v) is 5.84. The minimum atomic E-state index is -0.235. The lowest BCUT2D eigenvalue weighted by Crippen LogP contribution is -2.54. The zero-order chi connectivity index (χ0) is 22.8. The Morgan fingerprint density at radius 1 is 1.06 bits per heavy atom. The summed E-state index contributed by atoms with van der Waals surface area (Å²) in [6.45, 7) is 11.7. The Labute approximate surface area is 214 Å². The molecule has 2 heterocycles. The lowest BCUT2D eigenvalue weighted by atomic mass is 10.0. The van der Waals surface area contributed by atoms with Crippen molar-refractivity contribution in [2.45, 2.75) is 19.9 Å². The molecule has 0 aliphatic carbocycles. The van der Waals surface area contributed by atoms with E-state index in [2.05, 4.69) is 34.2 Å². The van der Waals surface area contributed by atoms with E-state index in [1.165, 1.54) is 5.56 Å². The molecule has 2 fully saturated rings. The maximum atomic E-state index is 12.0. The number of rotatable bonds is 7. The van der Waals surface area contributed by atoms with E-state index in [9.17, 15) is 4.79 Å². The van der Waals surface area contributed by atoms with E-state index in [0.29, 0.717) is 26.2 Å². The molecule has 3 rings (SSSR count). The molecule has 0 saturated carbocycles. The Morgan fingerprint density at radius 2 is 1.70 bits per heavy atom. The van der Waals surface area contributed by atoms with Crippen molar-refractivity contribution in [3.63, 3.8) is 0 Å². The van der Waals surface area contributed by atoms with Gasteiger partial charge >= 0.3 is 6.09 Å². The van der Waals surface area contributed by atoms with Crippen LogP contribution in [0.4, 0.5) is 4.79 Å². The van der Waals surface area contributed by atoms with Crippen LogP contribution in [0.2, 0.25) is 0 Å². The number of benzene rings is 1. The number of carbonyl (C=O) groups is 1. The molecule has 0 bridgehead atoms. The highest BCUT2D eigenvalue weighted by Crippen LogP contribution is 2.24. The van der Waals surface area contributed by atoms with Gasteiger partial charge in [-0.1, -0.05) is 12.1 Å². The predicted molar refractivity (Wildman–Crippen MR) is 140 cm³/mol. The summed E-state index contributed by atoms with van der Waals surface area (Å²) >= 11 is 0. The van der Waals surface area contributed by atoms with Crippen LogP contribution in [0.3, 0.4) is 0 Å². The molecule has 33 heavy (non-hydrogen) atoms. The summed E-state index contributed by atoms with van der Waals surface area (Å²) in [6.07, 6.45) is -0.235. The molecule has 10 heteroatoms. The Balaban J connectivity index is 0.00000385. The predicted octanol–water partition coefficient (Wildman–Crippen LogP) is 2.43. The Bertz CT molecular complexity index is 735. The molecule has 2 aliphatic heterocycles. The maximum absolute atomic E-state index is 12.0. The van der Waals surface area contributed by atoms with Crippen LogP contribution in [-0.2, 0) is 9.47 Å². The largest absolute Gasteiger partial charge is 0.497 e. The molecule has 9 nitrogen and oxygen atoms in total. The van der Waals surface area contributed by atoms with E-state index in [4.69, 9.17) is 19.2 Å². The van der Waals surface area contributed by atoms with Gasteiger partial charge in [-0.2, -0.15) is 0 Å². The standard InChI is InChI=1S/C23H37N5O4.HI/c1-4-24-22(27-10-12-28(13-11-27)23(29)32-5-2)25-18-21(26-14-16-31-17-15-26)19-6-8-20(30-3)9-7-19;/h6-9,21H,4-5,10-18H2,1-3H3,(H,24,25);1H. The van der Waals surface area contributed by atoms with Gasteiger partial charge in [-0.25, -0.2) is 4.79 Å². The lowest BCUT2D eigenvalue weighted by molar-refractivity contribution is 0.0179. The Morgan fingerprint density at radius 3 is 2.27 bits per heavy atom. The van der Waals surface area contributed by atoms with Crippen LogP contribution in [0.5, 0.6) is 5.75 Å². The van der Waals surface area contributed by atoms with Gasteiger partial charge in [0.25, 0.3) is 0 Å². The maximum Gasteiger partial charge on any atom is 0.409 e. The minimum Gasteiger partial charge on any atom is -0.497 e. The molecule has 1 amide bonds. The van der Waals surface area contributed by atoms with E-state index in [0.717, 1.165) is 57.6 Å². The zero-order valence-electron chi connectivity index (χ0n) is 20.0. The van der Waals surface area contributed by atoms with Gasteiger partial charge in [0, 0.05) is 45.8 Å². The molecule has 0 radical (unpaired) electrons. The van der Waals surface area contributed by atoms with Crippen molar-refractivity contribution in [2.75, 3.05) is 79.3 Å². The number of amides is 1. The second kappa shape index (κ2) is 14.5. The van der Waals surface area contributed by atoms with Gasteiger partial charge in [-0.3, -0.25) is 9.89 Å². The highest BCUT2D eigenvalue weighted by molar-refractivity contribution is 14.0. The third kappa shape index (κ3) is 7.89. The quantitative estimate of drug-likeness (QED) is 0.304. The molecule has 0 aromatic heterocycles. The minimum absolute atomic E-state index is 0. The average Bonchev–Trinajstić information content (AvgIpc) is 2.85. The number of aliphatic imine (C=N–C) groups is 1. The zero-order valence-corrected chi connectivity index (χ0v) is 22.3. The molecular weight excluding hydrogens is 537 g/mol. The number of methoxy groups -OCH3 is 1. The van der Waals surface area contributed by atoms with Crippen LogP contribution in [0.1, 0.15) is 25.5 Å². The second-order valence-corrected chi connectivity index (χ2v) is 7.80. The number of ether oxygens (including phenoxy) is 3. The second-order valence-electron chi connectivity index (χ2n) is 7.80. The summed E-state index contributed by atoms with van der Waals surface area (Å²) in [5.41, 5.74) is 1.22. The summed E-state index contributed by atoms with van der Waals surface area (Å²) in [4.78, 5) is 23.5. The van der Waals surface area contributed by atoms with Gasteiger partial charge in [0.1, 0.15) is 5.75 Å². The van der Waals surface area contributed by atoms with E-state index in [1.807, 2.05) is 19.1 Å². The summed E-state index contributed by atoms with van der Waals surface area (Å²) in [5.74, 6) is 1.74. The van der Waals surface area contributed by atoms with Crippen molar-refractivity contribution in [3.05, 3.63) is 29.8 Å². The Kier molecular flexibility index (Phi) is 12.0. The van der Waals surface area contributed by atoms with Gasteiger partial charge in [0.05, 0.1) is 39.5 Å². The van der Waals surface area contributed by atoms with Crippen LogP contribution in [-0.4, -0.2) is 106 Å². The molecular formula is C23H38IN5O4. The van der Waals surface area contributed by atoms with Crippen molar-refractivity contribution < 1.29 is 19.0 Å². The number of nitrogens with one attached hydrogen (secondary N) is 1. The van der Waals surface area contributed by atoms with Gasteiger partial charge < -0.3 is 29.3 Å². The van der Waals surface area contributed by atoms with E-state index in [1.54, 1.807) is 12.0 Å². The van der Waals surface area contributed by atoms with Gasteiger partial charge in [0.15, 0.2) is 5.96 Å². The van der Waals surface area contributed by atoms with Crippen molar-refractivity contribution in [1.82, 2.24) is 20.0 Å². The number of hydrogen-bond acceptors (Lipinski definition) is 6. The third-order valence-electron chi connectivity index (χ3n) is 5.84. The van der Waals surface area contributed by atoms with Crippen LogP contribution >= 0.6 is 24.0 Å². The molecule has 186 valence electrons. The number of carbonyl (C=O) groups excluding carboxylic acids is 1. The molecule has 1 aromatic rings. The van der Waals surface area contributed by atoms with Crippen molar-refractivity contribution in [3.8, 4) is 5.75 Å². The number of piperazine rings is 1. The van der Waals surface area contributed by atoms with Gasteiger partial charge in [0.2, 0.25) is 0 Å². The lowest BCUT2D eigenvalue weighted by Gasteiger charge is -2.37.